The highest BCUT2D eigenvalue weighted by Crippen LogP contribution is 2.48. The number of carbonyl (C=O) groups excluding carboxylic acids is 2. The van der Waals surface area contributed by atoms with Crippen LogP contribution in [0.1, 0.15) is 30.5 Å². The zero-order valence-electron chi connectivity index (χ0n) is 20.9. The Morgan fingerprint density at radius 1 is 0.886 bits per heavy atom. The number of likely N-dealkylation sites (N-methyl/N-ethyl adjacent to an activating group) is 1. The van der Waals surface area contributed by atoms with Gasteiger partial charge in [-0.1, -0.05) is 105 Å². The van der Waals surface area contributed by atoms with Gasteiger partial charge in [-0.3, -0.25) is 14.5 Å². The molecule has 1 aliphatic rings. The van der Waals surface area contributed by atoms with Gasteiger partial charge in [-0.2, -0.15) is 0 Å². The summed E-state index contributed by atoms with van der Waals surface area (Å²) in [6, 6.07) is 30.9. The molecule has 1 fully saturated rings. The zero-order chi connectivity index (χ0) is 25.0. The maximum Gasteiger partial charge on any atom is 0.310 e. The summed E-state index contributed by atoms with van der Waals surface area (Å²) in [5, 5.41) is 0. The molecule has 5 heteroatoms. The van der Waals surface area contributed by atoms with Crippen molar-refractivity contribution in [2.45, 2.75) is 25.4 Å². The van der Waals surface area contributed by atoms with Gasteiger partial charge in [-0.25, -0.2) is 0 Å². The molecule has 1 unspecified atom stereocenters. The minimum Gasteiger partial charge on any atom is -0.469 e. The minimum atomic E-state index is -0.606. The molecular weight excluding hydrogens is 436 g/mol. The monoisotopic (exact) mass is 470 g/mol. The molecule has 3 aromatic rings. The SMILES string of the molecule is COC(=O)[C@@H](CN(C)C(=O)[C@H]1CN1C(c1ccccc1)(c1ccccc1)c1ccccc1)C(C)C. The number of ether oxygens (including phenoxy) is 1. The van der Waals surface area contributed by atoms with Crippen molar-refractivity contribution in [2.24, 2.45) is 11.8 Å². The molecule has 182 valence electrons. The first kappa shape index (κ1) is 24.7. The van der Waals surface area contributed by atoms with Crippen molar-refractivity contribution in [3.8, 4) is 0 Å². The van der Waals surface area contributed by atoms with Crippen molar-refractivity contribution in [3.63, 3.8) is 0 Å². The zero-order valence-corrected chi connectivity index (χ0v) is 20.9. The molecule has 1 saturated heterocycles. The summed E-state index contributed by atoms with van der Waals surface area (Å²) in [5.74, 6) is -0.542. The van der Waals surface area contributed by atoms with E-state index in [0.29, 0.717) is 13.1 Å². The minimum absolute atomic E-state index is 0.0201. The number of amides is 1. The number of benzene rings is 3. The van der Waals surface area contributed by atoms with Crippen molar-refractivity contribution < 1.29 is 14.3 Å². The fourth-order valence-corrected chi connectivity index (χ4v) is 5.11. The third kappa shape index (κ3) is 4.73. The molecule has 5 nitrogen and oxygen atoms in total. The van der Waals surface area contributed by atoms with Gasteiger partial charge in [0.1, 0.15) is 6.04 Å². The molecule has 3 atom stereocenters. The Morgan fingerprint density at radius 3 is 1.69 bits per heavy atom. The Labute approximate surface area is 208 Å². The van der Waals surface area contributed by atoms with Gasteiger partial charge >= 0.3 is 5.97 Å². The Hall–Kier alpha value is -3.44. The molecule has 1 aliphatic heterocycles. The molecule has 0 spiro atoms. The third-order valence-corrected chi connectivity index (χ3v) is 7.06. The molecule has 0 aromatic heterocycles. The highest BCUT2D eigenvalue weighted by molar-refractivity contribution is 5.86. The fourth-order valence-electron chi connectivity index (χ4n) is 5.11. The molecule has 0 N–H and O–H groups in total. The van der Waals surface area contributed by atoms with Crippen LogP contribution in [0.3, 0.4) is 0 Å². The highest BCUT2D eigenvalue weighted by atomic mass is 16.5. The van der Waals surface area contributed by atoms with Crippen LogP contribution in [0.25, 0.3) is 0 Å². The van der Waals surface area contributed by atoms with Crippen LogP contribution in [0.5, 0.6) is 0 Å². The van der Waals surface area contributed by atoms with Crippen molar-refractivity contribution >= 4 is 11.9 Å². The second kappa shape index (κ2) is 10.4. The number of hydrogen-bond acceptors (Lipinski definition) is 4. The predicted molar refractivity (Wildman–Crippen MR) is 138 cm³/mol. The molecule has 0 bridgehead atoms. The Morgan fingerprint density at radius 2 is 1.31 bits per heavy atom. The Balaban J connectivity index is 1.73. The van der Waals surface area contributed by atoms with E-state index in [4.69, 9.17) is 4.74 Å². The molecule has 1 amide bonds. The van der Waals surface area contributed by atoms with Gasteiger partial charge in [0, 0.05) is 20.1 Å². The third-order valence-electron chi connectivity index (χ3n) is 7.06. The van der Waals surface area contributed by atoms with Crippen LogP contribution in [0, 0.1) is 11.8 Å². The van der Waals surface area contributed by atoms with Gasteiger partial charge in [-0.15, -0.1) is 0 Å². The molecule has 0 aliphatic carbocycles. The normalized spacial score (nSPS) is 18.1. The average Bonchev–Trinajstić information content (AvgIpc) is 3.69. The number of carbonyl (C=O) groups is 2. The lowest BCUT2D eigenvalue weighted by Gasteiger charge is -2.38. The maximum atomic E-state index is 13.7. The second-order valence-corrected chi connectivity index (χ2v) is 9.57. The lowest BCUT2D eigenvalue weighted by atomic mass is 9.76. The summed E-state index contributed by atoms with van der Waals surface area (Å²) in [6.07, 6.45) is 0. The van der Waals surface area contributed by atoms with E-state index in [9.17, 15) is 9.59 Å². The van der Waals surface area contributed by atoms with Gasteiger partial charge < -0.3 is 9.64 Å². The Bertz CT molecular complexity index is 1040. The van der Waals surface area contributed by atoms with Crippen molar-refractivity contribution in [3.05, 3.63) is 108 Å². The van der Waals surface area contributed by atoms with Crippen LogP contribution in [-0.2, 0) is 19.9 Å². The number of nitrogens with zero attached hydrogens (tertiary/aromatic N) is 2. The lowest BCUT2D eigenvalue weighted by molar-refractivity contribution is -0.148. The highest BCUT2D eigenvalue weighted by Gasteiger charge is 2.56. The predicted octanol–water partition coefficient (Wildman–Crippen LogP) is 4.57. The number of hydrogen-bond donors (Lipinski definition) is 0. The topological polar surface area (TPSA) is 49.6 Å². The fraction of sp³-hybridized carbons (Fsp3) is 0.333. The number of esters is 1. The van der Waals surface area contributed by atoms with Crippen LogP contribution < -0.4 is 0 Å². The van der Waals surface area contributed by atoms with Crippen LogP contribution in [0.4, 0.5) is 0 Å². The van der Waals surface area contributed by atoms with Crippen LogP contribution in [0.2, 0.25) is 0 Å². The van der Waals surface area contributed by atoms with E-state index in [1.54, 1.807) is 11.9 Å². The van der Waals surface area contributed by atoms with Crippen LogP contribution >= 0.6 is 0 Å². The van der Waals surface area contributed by atoms with Gasteiger partial charge in [0.25, 0.3) is 0 Å². The van der Waals surface area contributed by atoms with E-state index < -0.39 is 5.54 Å². The summed E-state index contributed by atoms with van der Waals surface area (Å²) < 4.78 is 4.99. The largest absolute Gasteiger partial charge is 0.469 e. The first-order valence-electron chi connectivity index (χ1n) is 12.2. The maximum absolute atomic E-state index is 13.7. The summed E-state index contributed by atoms with van der Waals surface area (Å²) in [7, 11) is 3.18. The van der Waals surface area contributed by atoms with Gasteiger partial charge in [-0.05, 0) is 22.6 Å². The quantitative estimate of drug-likeness (QED) is 0.261. The van der Waals surface area contributed by atoms with Gasteiger partial charge in [0.05, 0.1) is 18.6 Å². The smallest absolute Gasteiger partial charge is 0.310 e. The molecular formula is C30H34N2O3. The van der Waals surface area contributed by atoms with Crippen LogP contribution in [0.15, 0.2) is 91.0 Å². The van der Waals surface area contributed by atoms with Crippen molar-refractivity contribution in [1.29, 1.82) is 0 Å². The average molecular weight is 471 g/mol. The molecule has 1 heterocycles. The van der Waals surface area contributed by atoms with E-state index in [1.807, 2.05) is 68.4 Å². The summed E-state index contributed by atoms with van der Waals surface area (Å²) in [4.78, 5) is 29.9. The number of methoxy groups -OCH3 is 1. The van der Waals surface area contributed by atoms with E-state index in [1.165, 1.54) is 7.11 Å². The second-order valence-electron chi connectivity index (χ2n) is 9.57. The summed E-state index contributed by atoms with van der Waals surface area (Å²) in [6.45, 7) is 4.93. The number of rotatable bonds is 9. The van der Waals surface area contributed by atoms with Crippen molar-refractivity contribution in [2.75, 3.05) is 27.2 Å². The van der Waals surface area contributed by atoms with Crippen molar-refractivity contribution in [1.82, 2.24) is 9.80 Å². The van der Waals surface area contributed by atoms with E-state index in [0.717, 1.165) is 16.7 Å². The van der Waals surface area contributed by atoms with E-state index >= 15 is 0 Å². The van der Waals surface area contributed by atoms with Gasteiger partial charge in [0.15, 0.2) is 0 Å². The summed E-state index contributed by atoms with van der Waals surface area (Å²) >= 11 is 0. The summed E-state index contributed by atoms with van der Waals surface area (Å²) in [5.41, 5.74) is 2.74. The molecule has 35 heavy (non-hydrogen) atoms. The molecule has 3 aromatic carbocycles. The van der Waals surface area contributed by atoms with E-state index in [-0.39, 0.29) is 29.8 Å². The molecule has 0 radical (unpaired) electrons. The molecule has 4 rings (SSSR count). The van der Waals surface area contributed by atoms with Gasteiger partial charge in [0.2, 0.25) is 5.91 Å². The molecule has 0 saturated carbocycles. The van der Waals surface area contributed by atoms with E-state index in [2.05, 4.69) is 41.3 Å². The first-order chi connectivity index (χ1) is 16.9. The lowest BCUT2D eigenvalue weighted by Crippen LogP contribution is -2.44. The first-order valence-corrected chi connectivity index (χ1v) is 12.2. The Kier molecular flexibility index (Phi) is 7.37. The van der Waals surface area contributed by atoms with Crippen LogP contribution in [-0.4, -0.2) is 55.0 Å². The standard InChI is InChI=1S/C30H34N2O3/c1-22(2)26(29(34)35-4)20-31(3)28(33)27-21-32(27)30(23-14-8-5-9-15-23,24-16-10-6-11-17-24)25-18-12-7-13-19-25/h5-19,22,26-27H,20-21H2,1-4H3/t26-,27+,32?/m0/s1.